The van der Waals surface area contributed by atoms with Gasteiger partial charge in [-0.2, -0.15) is 0 Å². The van der Waals surface area contributed by atoms with E-state index in [-0.39, 0.29) is 18.9 Å². The number of aryl methyl sites for hydroxylation is 1. The average Bonchev–Trinajstić information content (AvgIpc) is 2.93. The molecule has 0 radical (unpaired) electrons. The number of nitrogens with one attached hydrogen (secondary N) is 1. The van der Waals surface area contributed by atoms with Gasteiger partial charge in [0.15, 0.2) is 0 Å². The van der Waals surface area contributed by atoms with E-state index in [1.165, 1.54) is 0 Å². The number of hydrogen-bond acceptors (Lipinski definition) is 6. The topological polar surface area (TPSA) is 103 Å². The Labute approximate surface area is 139 Å². The Morgan fingerprint density at radius 2 is 1.96 bits per heavy atom. The molecule has 2 heterocycles. The van der Waals surface area contributed by atoms with Crippen molar-refractivity contribution in [1.29, 1.82) is 0 Å². The Balaban J connectivity index is 1.99. The minimum absolute atomic E-state index is 0.125. The molecule has 0 bridgehead atoms. The zero-order valence-electron chi connectivity index (χ0n) is 13.3. The summed E-state index contributed by atoms with van der Waals surface area (Å²) in [6, 6.07) is 11.0. The highest BCUT2D eigenvalue weighted by Gasteiger charge is 2.14. The number of imidazole rings is 1. The van der Waals surface area contributed by atoms with Gasteiger partial charge < -0.3 is 25.2 Å². The van der Waals surface area contributed by atoms with E-state index in [0.29, 0.717) is 18.2 Å². The SMILES string of the molecule is Cc1ccc(O)c(Cn2c(NCC(O)CO)nc3ccccc32)n1. The summed E-state index contributed by atoms with van der Waals surface area (Å²) in [5, 5.41) is 31.6. The van der Waals surface area contributed by atoms with Gasteiger partial charge in [0.25, 0.3) is 0 Å². The Morgan fingerprint density at radius 1 is 1.17 bits per heavy atom. The summed E-state index contributed by atoms with van der Waals surface area (Å²) in [5.74, 6) is 0.672. The lowest BCUT2D eigenvalue weighted by atomic mass is 10.2. The summed E-state index contributed by atoms with van der Waals surface area (Å²) in [5.41, 5.74) is 3.05. The van der Waals surface area contributed by atoms with Crippen LogP contribution in [0.4, 0.5) is 5.95 Å². The van der Waals surface area contributed by atoms with Gasteiger partial charge in [-0.25, -0.2) is 4.98 Å². The third kappa shape index (κ3) is 3.32. The predicted molar refractivity (Wildman–Crippen MR) is 91.1 cm³/mol. The Bertz CT molecular complexity index is 847. The van der Waals surface area contributed by atoms with Crippen LogP contribution in [0.5, 0.6) is 5.75 Å². The number of fused-ring (bicyclic) bond motifs is 1. The van der Waals surface area contributed by atoms with E-state index in [0.717, 1.165) is 16.7 Å². The maximum Gasteiger partial charge on any atom is 0.204 e. The van der Waals surface area contributed by atoms with Crippen molar-refractivity contribution in [3.8, 4) is 5.75 Å². The Kier molecular flexibility index (Phi) is 4.64. The molecule has 0 spiro atoms. The molecule has 0 aliphatic rings. The van der Waals surface area contributed by atoms with Gasteiger partial charge in [-0.15, -0.1) is 0 Å². The normalized spacial score (nSPS) is 12.5. The van der Waals surface area contributed by atoms with Gasteiger partial charge >= 0.3 is 0 Å². The number of aromatic hydroxyl groups is 1. The molecule has 0 aliphatic carbocycles. The smallest absolute Gasteiger partial charge is 0.204 e. The second-order valence-electron chi connectivity index (χ2n) is 5.65. The zero-order valence-corrected chi connectivity index (χ0v) is 13.3. The summed E-state index contributed by atoms with van der Waals surface area (Å²) >= 11 is 0. The van der Waals surface area contributed by atoms with Gasteiger partial charge in [-0.1, -0.05) is 12.1 Å². The monoisotopic (exact) mass is 328 g/mol. The van der Waals surface area contributed by atoms with Crippen molar-refractivity contribution in [3.63, 3.8) is 0 Å². The van der Waals surface area contributed by atoms with E-state index >= 15 is 0 Å². The summed E-state index contributed by atoms with van der Waals surface area (Å²) < 4.78 is 1.89. The van der Waals surface area contributed by atoms with Crippen molar-refractivity contribution in [2.24, 2.45) is 0 Å². The van der Waals surface area contributed by atoms with E-state index in [1.54, 1.807) is 12.1 Å². The molecule has 2 aromatic heterocycles. The van der Waals surface area contributed by atoms with Crippen molar-refractivity contribution < 1.29 is 15.3 Å². The standard InChI is InChI=1S/C17H20N4O3/c1-11-6-7-16(24)14(19-11)9-21-15-5-3-2-4-13(15)20-17(21)18-8-12(23)10-22/h2-7,12,22-24H,8-10H2,1H3,(H,18,20). The highest BCUT2D eigenvalue weighted by molar-refractivity contribution is 5.78. The van der Waals surface area contributed by atoms with Crippen molar-refractivity contribution >= 4 is 17.0 Å². The zero-order chi connectivity index (χ0) is 17.1. The molecule has 0 fully saturated rings. The number of benzene rings is 1. The molecular formula is C17H20N4O3. The van der Waals surface area contributed by atoms with Gasteiger partial charge in [-0.3, -0.25) is 4.98 Å². The second-order valence-corrected chi connectivity index (χ2v) is 5.65. The number of pyridine rings is 1. The second kappa shape index (κ2) is 6.86. The molecule has 3 aromatic rings. The van der Waals surface area contributed by atoms with Crippen LogP contribution >= 0.6 is 0 Å². The van der Waals surface area contributed by atoms with Gasteiger partial charge in [0.05, 0.1) is 30.3 Å². The van der Waals surface area contributed by atoms with Crippen LogP contribution in [-0.4, -0.2) is 49.1 Å². The van der Waals surface area contributed by atoms with E-state index in [9.17, 15) is 10.2 Å². The fraction of sp³-hybridized carbons (Fsp3) is 0.294. The van der Waals surface area contributed by atoms with Crippen molar-refractivity contribution in [3.05, 3.63) is 47.8 Å². The van der Waals surface area contributed by atoms with Crippen molar-refractivity contribution in [1.82, 2.24) is 14.5 Å². The molecule has 0 saturated heterocycles. The van der Waals surface area contributed by atoms with Crippen LogP contribution in [0.1, 0.15) is 11.4 Å². The van der Waals surface area contributed by atoms with Crippen LogP contribution in [0.2, 0.25) is 0 Å². The molecule has 126 valence electrons. The number of aromatic nitrogens is 3. The largest absolute Gasteiger partial charge is 0.506 e. The molecule has 1 unspecified atom stereocenters. The number of nitrogens with zero attached hydrogens (tertiary/aromatic N) is 3. The van der Waals surface area contributed by atoms with E-state index in [1.807, 2.05) is 35.8 Å². The van der Waals surface area contributed by atoms with Gasteiger partial charge in [0, 0.05) is 12.2 Å². The first kappa shape index (κ1) is 16.2. The average molecular weight is 328 g/mol. The van der Waals surface area contributed by atoms with Crippen LogP contribution in [0.3, 0.4) is 0 Å². The van der Waals surface area contributed by atoms with Crippen LogP contribution < -0.4 is 5.32 Å². The first-order chi connectivity index (χ1) is 11.6. The van der Waals surface area contributed by atoms with Crippen molar-refractivity contribution in [2.45, 2.75) is 19.6 Å². The molecule has 0 amide bonds. The molecule has 1 atom stereocenters. The highest BCUT2D eigenvalue weighted by atomic mass is 16.3. The maximum absolute atomic E-state index is 10.1. The fourth-order valence-electron chi connectivity index (χ4n) is 2.51. The summed E-state index contributed by atoms with van der Waals surface area (Å²) in [7, 11) is 0. The third-order valence-electron chi connectivity index (χ3n) is 3.76. The van der Waals surface area contributed by atoms with Gasteiger partial charge in [0.1, 0.15) is 11.4 Å². The Hall–Kier alpha value is -2.64. The molecule has 0 aliphatic heterocycles. The Morgan fingerprint density at radius 3 is 2.75 bits per heavy atom. The van der Waals surface area contributed by atoms with E-state index < -0.39 is 6.10 Å². The molecule has 7 nitrogen and oxygen atoms in total. The number of aliphatic hydroxyl groups excluding tert-OH is 2. The van der Waals surface area contributed by atoms with Crippen LogP contribution in [0, 0.1) is 6.92 Å². The summed E-state index contributed by atoms with van der Waals surface area (Å²) in [6.45, 7) is 2.05. The molecule has 7 heteroatoms. The van der Waals surface area contributed by atoms with E-state index in [2.05, 4.69) is 15.3 Å². The lowest BCUT2D eigenvalue weighted by Gasteiger charge is -2.13. The number of rotatable bonds is 6. The number of anilines is 1. The minimum Gasteiger partial charge on any atom is -0.506 e. The first-order valence-corrected chi connectivity index (χ1v) is 7.72. The minimum atomic E-state index is -0.872. The lowest BCUT2D eigenvalue weighted by Crippen LogP contribution is -2.24. The molecule has 3 rings (SSSR count). The molecule has 1 aromatic carbocycles. The van der Waals surface area contributed by atoms with Gasteiger partial charge in [-0.05, 0) is 31.2 Å². The number of aliphatic hydroxyl groups is 2. The van der Waals surface area contributed by atoms with Gasteiger partial charge in [0.2, 0.25) is 5.95 Å². The predicted octanol–water partition coefficient (Wildman–Crippen LogP) is 1.26. The van der Waals surface area contributed by atoms with E-state index in [4.69, 9.17) is 5.11 Å². The van der Waals surface area contributed by atoms with Crippen LogP contribution in [0.25, 0.3) is 11.0 Å². The fourth-order valence-corrected chi connectivity index (χ4v) is 2.51. The maximum atomic E-state index is 10.1. The quantitative estimate of drug-likeness (QED) is 0.543. The third-order valence-corrected chi connectivity index (χ3v) is 3.76. The lowest BCUT2D eigenvalue weighted by molar-refractivity contribution is 0.105. The summed E-state index contributed by atoms with van der Waals surface area (Å²) in [6.07, 6.45) is -0.872. The highest BCUT2D eigenvalue weighted by Crippen LogP contribution is 2.23. The molecule has 24 heavy (non-hydrogen) atoms. The molecular weight excluding hydrogens is 308 g/mol. The molecule has 4 N–H and O–H groups in total. The number of hydrogen-bond donors (Lipinski definition) is 4. The molecule has 0 saturated carbocycles. The van der Waals surface area contributed by atoms with Crippen LogP contribution in [0.15, 0.2) is 36.4 Å². The summed E-state index contributed by atoms with van der Waals surface area (Å²) in [4.78, 5) is 8.91. The first-order valence-electron chi connectivity index (χ1n) is 7.72. The number of para-hydroxylation sites is 2. The van der Waals surface area contributed by atoms with Crippen molar-refractivity contribution in [2.75, 3.05) is 18.5 Å². The van der Waals surface area contributed by atoms with Crippen LogP contribution in [-0.2, 0) is 6.54 Å².